The first-order valence-corrected chi connectivity index (χ1v) is 12.0. The fraction of sp³-hybridized carbons (Fsp3) is 0.160. The summed E-state index contributed by atoms with van der Waals surface area (Å²) in [7, 11) is -4.14. The summed E-state index contributed by atoms with van der Waals surface area (Å²) in [6, 6.07) is 15.1. The van der Waals surface area contributed by atoms with Crippen molar-refractivity contribution in [3.8, 4) is 0 Å². The summed E-state index contributed by atoms with van der Waals surface area (Å²) in [4.78, 5) is 12.5. The monoisotopic (exact) mass is 522 g/mol. The molecule has 188 valence electrons. The van der Waals surface area contributed by atoms with Gasteiger partial charge in [0.2, 0.25) is 0 Å². The maximum Gasteiger partial charge on any atom is 0.471 e. The van der Waals surface area contributed by atoms with Crippen LogP contribution in [0.2, 0.25) is 0 Å². The van der Waals surface area contributed by atoms with Gasteiger partial charge in [-0.1, -0.05) is 48.0 Å². The molecular weight excluding hydrogens is 503 g/mol. The molecular formula is C25H19F5N2O3S. The average molecular weight is 522 g/mol. The van der Waals surface area contributed by atoms with E-state index < -0.39 is 52.4 Å². The summed E-state index contributed by atoms with van der Waals surface area (Å²) in [5.74, 6) is -4.92. The Bertz CT molecular complexity index is 1540. The lowest BCUT2D eigenvalue weighted by Crippen LogP contribution is -2.40. The highest BCUT2D eigenvalue weighted by Crippen LogP contribution is 2.29. The number of rotatable bonds is 6. The van der Waals surface area contributed by atoms with Crippen LogP contribution in [0.15, 0.2) is 77.8 Å². The molecule has 0 radical (unpaired) electrons. The van der Waals surface area contributed by atoms with E-state index in [2.05, 4.69) is 0 Å². The summed E-state index contributed by atoms with van der Waals surface area (Å²) < 4.78 is 95.6. The number of fused-ring (bicyclic) bond motifs is 1. The number of hydrogen-bond donors (Lipinski definition) is 0. The van der Waals surface area contributed by atoms with Crippen molar-refractivity contribution in [3.63, 3.8) is 0 Å². The van der Waals surface area contributed by atoms with Crippen LogP contribution in [0.5, 0.6) is 0 Å². The van der Waals surface area contributed by atoms with Crippen LogP contribution in [0.4, 0.5) is 22.0 Å². The van der Waals surface area contributed by atoms with Crippen molar-refractivity contribution >= 4 is 26.8 Å². The lowest BCUT2D eigenvalue weighted by molar-refractivity contribution is -0.186. The van der Waals surface area contributed by atoms with Gasteiger partial charge in [0.05, 0.1) is 10.4 Å². The van der Waals surface area contributed by atoms with E-state index in [0.29, 0.717) is 4.90 Å². The topological polar surface area (TPSA) is 59.4 Å². The van der Waals surface area contributed by atoms with E-state index >= 15 is 0 Å². The number of benzene rings is 3. The van der Waals surface area contributed by atoms with Gasteiger partial charge in [-0.25, -0.2) is 21.2 Å². The van der Waals surface area contributed by atoms with Gasteiger partial charge in [0, 0.05) is 30.2 Å². The molecule has 0 aliphatic carbocycles. The van der Waals surface area contributed by atoms with Crippen LogP contribution >= 0.6 is 0 Å². The Balaban J connectivity index is 1.81. The van der Waals surface area contributed by atoms with Gasteiger partial charge in [-0.2, -0.15) is 13.2 Å². The smallest absolute Gasteiger partial charge is 0.326 e. The fourth-order valence-electron chi connectivity index (χ4n) is 3.83. The number of amides is 1. The van der Waals surface area contributed by atoms with Crippen molar-refractivity contribution in [1.82, 2.24) is 8.87 Å². The van der Waals surface area contributed by atoms with E-state index in [1.807, 2.05) is 0 Å². The Kier molecular flexibility index (Phi) is 6.61. The molecule has 1 aromatic heterocycles. The minimum atomic E-state index is -5.30. The zero-order valence-electron chi connectivity index (χ0n) is 18.8. The van der Waals surface area contributed by atoms with Crippen molar-refractivity contribution in [2.75, 3.05) is 0 Å². The first-order chi connectivity index (χ1) is 16.9. The quantitative estimate of drug-likeness (QED) is 0.312. The highest BCUT2D eigenvalue weighted by atomic mass is 32.2. The molecule has 1 heterocycles. The second-order valence-corrected chi connectivity index (χ2v) is 9.97. The zero-order chi connectivity index (χ0) is 26.3. The van der Waals surface area contributed by atoms with Gasteiger partial charge in [-0.3, -0.25) is 4.79 Å². The van der Waals surface area contributed by atoms with E-state index in [1.54, 1.807) is 31.2 Å². The second-order valence-electron chi connectivity index (χ2n) is 8.16. The summed E-state index contributed by atoms with van der Waals surface area (Å²) in [5.41, 5.74) is 0.640. The molecule has 0 fully saturated rings. The van der Waals surface area contributed by atoms with Crippen molar-refractivity contribution in [1.29, 1.82) is 0 Å². The van der Waals surface area contributed by atoms with E-state index in [4.69, 9.17) is 0 Å². The van der Waals surface area contributed by atoms with Crippen LogP contribution in [0.3, 0.4) is 0 Å². The number of aromatic nitrogens is 1. The Labute approximate surface area is 203 Å². The number of carbonyl (C=O) groups excluding carboxylic acids is 1. The minimum Gasteiger partial charge on any atom is -0.326 e. The maximum atomic E-state index is 14.2. The van der Waals surface area contributed by atoms with Gasteiger partial charge in [-0.15, -0.1) is 0 Å². The average Bonchev–Trinajstić information content (AvgIpc) is 3.20. The molecule has 0 N–H and O–H groups in total. The summed E-state index contributed by atoms with van der Waals surface area (Å²) in [5, 5.41) is 0.285. The van der Waals surface area contributed by atoms with Gasteiger partial charge in [0.1, 0.15) is 0 Å². The summed E-state index contributed by atoms with van der Waals surface area (Å²) in [6.07, 6.45) is -4.16. The third-order valence-corrected chi connectivity index (χ3v) is 7.31. The van der Waals surface area contributed by atoms with Gasteiger partial charge >= 0.3 is 12.1 Å². The van der Waals surface area contributed by atoms with Gasteiger partial charge in [-0.05, 0) is 36.8 Å². The molecule has 0 bridgehead atoms. The van der Waals surface area contributed by atoms with E-state index in [9.17, 15) is 35.2 Å². The molecule has 0 aliphatic heterocycles. The van der Waals surface area contributed by atoms with Crippen LogP contribution in [0, 0.1) is 18.6 Å². The SMILES string of the molecule is Cc1ccc(S(=O)(=O)n2cc(CN(Cc3cccc(F)c3F)C(=O)C(F)(F)F)c3ccccc32)cc1. The minimum absolute atomic E-state index is 0.0366. The van der Waals surface area contributed by atoms with Crippen LogP contribution in [0.25, 0.3) is 10.9 Å². The van der Waals surface area contributed by atoms with Crippen LogP contribution in [-0.2, 0) is 27.9 Å². The summed E-state index contributed by atoms with van der Waals surface area (Å²) >= 11 is 0. The van der Waals surface area contributed by atoms with Crippen molar-refractivity contribution in [3.05, 3.63) is 101 Å². The van der Waals surface area contributed by atoms with Gasteiger partial charge < -0.3 is 4.90 Å². The standard InChI is InChI=1S/C25H19F5N2O3S/c1-16-9-11-19(12-10-16)36(34,35)32-15-18(20-6-2-3-8-22(20)32)14-31(24(33)25(28,29)30)13-17-5-4-7-21(26)23(17)27/h2-12,15H,13-14H2,1H3. The molecule has 36 heavy (non-hydrogen) atoms. The number of aryl methyl sites for hydroxylation is 1. The molecule has 0 aliphatic rings. The molecule has 0 atom stereocenters. The van der Waals surface area contributed by atoms with Crippen molar-refractivity contribution < 1.29 is 35.2 Å². The second kappa shape index (κ2) is 9.38. The highest BCUT2D eigenvalue weighted by Gasteiger charge is 2.43. The molecule has 1 amide bonds. The molecule has 0 unspecified atom stereocenters. The van der Waals surface area contributed by atoms with Crippen molar-refractivity contribution in [2.45, 2.75) is 31.1 Å². The number of nitrogens with zero attached hydrogens (tertiary/aromatic N) is 2. The molecule has 4 aromatic rings. The highest BCUT2D eigenvalue weighted by molar-refractivity contribution is 7.90. The number of carbonyl (C=O) groups is 1. The van der Waals surface area contributed by atoms with Crippen molar-refractivity contribution in [2.24, 2.45) is 0 Å². The molecule has 0 saturated heterocycles. The van der Waals surface area contributed by atoms with E-state index in [-0.39, 0.29) is 21.4 Å². The van der Waals surface area contributed by atoms with Crippen LogP contribution < -0.4 is 0 Å². The largest absolute Gasteiger partial charge is 0.471 e. The van der Waals surface area contributed by atoms with Gasteiger partial charge in [0.15, 0.2) is 11.6 Å². The third kappa shape index (κ3) is 4.83. The number of hydrogen-bond acceptors (Lipinski definition) is 3. The Morgan fingerprint density at radius 2 is 1.53 bits per heavy atom. The Morgan fingerprint density at radius 3 is 2.19 bits per heavy atom. The normalized spacial score (nSPS) is 12.2. The molecule has 4 rings (SSSR count). The van der Waals surface area contributed by atoms with Crippen LogP contribution in [0.1, 0.15) is 16.7 Å². The number of para-hydroxylation sites is 1. The molecule has 3 aromatic carbocycles. The lowest BCUT2D eigenvalue weighted by atomic mass is 10.1. The first-order valence-electron chi connectivity index (χ1n) is 10.6. The maximum absolute atomic E-state index is 14.2. The molecule has 11 heteroatoms. The Morgan fingerprint density at radius 1 is 0.889 bits per heavy atom. The van der Waals surface area contributed by atoms with Crippen LogP contribution in [-0.4, -0.2) is 29.4 Å². The zero-order valence-corrected chi connectivity index (χ0v) is 19.6. The van der Waals surface area contributed by atoms with Gasteiger partial charge in [0.25, 0.3) is 10.0 Å². The molecule has 0 spiro atoms. The first kappa shape index (κ1) is 25.4. The Hall–Kier alpha value is -3.73. The van der Waals surface area contributed by atoms with E-state index in [1.165, 1.54) is 24.3 Å². The molecule has 0 saturated carbocycles. The van der Waals surface area contributed by atoms with E-state index in [0.717, 1.165) is 33.9 Å². The molecule has 5 nitrogen and oxygen atoms in total. The number of alkyl halides is 3. The predicted octanol–water partition coefficient (Wildman–Crippen LogP) is 5.56. The number of halogens is 5. The lowest BCUT2D eigenvalue weighted by Gasteiger charge is -2.24. The predicted molar refractivity (Wildman–Crippen MR) is 122 cm³/mol. The third-order valence-electron chi connectivity index (χ3n) is 5.62. The fourth-order valence-corrected chi connectivity index (χ4v) is 5.22. The summed E-state index contributed by atoms with van der Waals surface area (Å²) in [6.45, 7) is 0.199.